The highest BCUT2D eigenvalue weighted by atomic mass is 35.5. The third-order valence-electron chi connectivity index (χ3n) is 4.94. The molecule has 0 atom stereocenters. The fraction of sp³-hybridized carbons (Fsp3) is 0. The summed E-state index contributed by atoms with van der Waals surface area (Å²) in [7, 11) is 0. The van der Waals surface area contributed by atoms with E-state index in [2.05, 4.69) is 16.6 Å². The van der Waals surface area contributed by atoms with Crippen LogP contribution >= 0.6 is 11.6 Å². The maximum Gasteiger partial charge on any atom is 0.271 e. The Labute approximate surface area is 165 Å². The fourth-order valence-electron chi connectivity index (χ4n) is 3.71. The van der Waals surface area contributed by atoms with Crippen molar-refractivity contribution in [3.8, 4) is 0 Å². The van der Waals surface area contributed by atoms with Gasteiger partial charge in [-0.1, -0.05) is 60.1 Å². The molecule has 0 unspecified atom stereocenters. The quantitative estimate of drug-likeness (QED) is 0.391. The third kappa shape index (κ3) is 2.50. The number of nitrogens with zero attached hydrogens (tertiary/aromatic N) is 1. The van der Waals surface area contributed by atoms with Crippen LogP contribution in [0.1, 0.15) is 26.3 Å². The summed E-state index contributed by atoms with van der Waals surface area (Å²) in [6, 6.07) is 22.2. The molecule has 0 spiro atoms. The van der Waals surface area contributed by atoms with Crippen LogP contribution in [0.15, 0.2) is 77.9 Å². The molecule has 0 aromatic heterocycles. The van der Waals surface area contributed by atoms with E-state index in [1.165, 1.54) is 0 Å². The number of ketones is 1. The first-order valence-electron chi connectivity index (χ1n) is 8.76. The summed E-state index contributed by atoms with van der Waals surface area (Å²) >= 11 is 5.94. The van der Waals surface area contributed by atoms with Crippen LogP contribution in [0.2, 0.25) is 5.02 Å². The lowest BCUT2D eigenvalue weighted by molar-refractivity contribution is 0.0955. The van der Waals surface area contributed by atoms with Crippen molar-refractivity contribution < 1.29 is 9.59 Å². The Kier molecular flexibility index (Phi) is 3.74. The van der Waals surface area contributed by atoms with E-state index in [1.54, 1.807) is 24.3 Å². The Hall–Kier alpha value is -3.50. The highest BCUT2D eigenvalue weighted by Gasteiger charge is 2.31. The van der Waals surface area contributed by atoms with E-state index in [4.69, 9.17) is 11.6 Å². The number of benzene rings is 4. The van der Waals surface area contributed by atoms with Gasteiger partial charge in [-0.25, -0.2) is 5.43 Å². The zero-order valence-electron chi connectivity index (χ0n) is 14.6. The number of fused-ring (bicyclic) bond motifs is 2. The minimum Gasteiger partial charge on any atom is -0.287 e. The number of Topliss-reactive ketones (excluding diaryl/α,β-unsaturated/α-hetero) is 1. The predicted octanol–water partition coefficient (Wildman–Crippen LogP) is 4.98. The zero-order valence-corrected chi connectivity index (χ0v) is 15.3. The monoisotopic (exact) mass is 384 g/mol. The molecule has 5 rings (SSSR count). The first kappa shape index (κ1) is 16.7. The molecule has 1 N–H and O–H groups in total. The van der Waals surface area contributed by atoms with Crippen molar-refractivity contribution in [1.29, 1.82) is 0 Å². The van der Waals surface area contributed by atoms with Gasteiger partial charge in [-0.15, -0.1) is 0 Å². The lowest BCUT2D eigenvalue weighted by Crippen LogP contribution is -2.22. The molecule has 4 aromatic carbocycles. The summed E-state index contributed by atoms with van der Waals surface area (Å²) in [5.41, 5.74) is 4.48. The number of rotatable bonds is 2. The predicted molar refractivity (Wildman–Crippen MR) is 111 cm³/mol. The maximum atomic E-state index is 13.2. The SMILES string of the molecule is O=C(NN=C1C(=O)c2c3ccccc3cc3cccc1c23)c1cccc(Cl)c1. The van der Waals surface area contributed by atoms with Crippen molar-refractivity contribution in [3.63, 3.8) is 0 Å². The Morgan fingerprint density at radius 3 is 2.54 bits per heavy atom. The first-order valence-corrected chi connectivity index (χ1v) is 9.14. The molecule has 134 valence electrons. The second-order valence-electron chi connectivity index (χ2n) is 6.62. The molecular weight excluding hydrogens is 372 g/mol. The Morgan fingerprint density at radius 1 is 0.893 bits per heavy atom. The molecule has 28 heavy (non-hydrogen) atoms. The summed E-state index contributed by atoms with van der Waals surface area (Å²) < 4.78 is 0. The standard InChI is InChI=1S/C23H13ClN2O2/c24-16-8-3-7-15(12-16)23(28)26-25-21-18-10-4-6-14-11-13-5-1-2-9-17(13)20(19(14)18)22(21)27/h1-12H,(H,26,28). The molecule has 0 fully saturated rings. The highest BCUT2D eigenvalue weighted by Crippen LogP contribution is 2.36. The average molecular weight is 385 g/mol. The Morgan fingerprint density at radius 2 is 1.68 bits per heavy atom. The van der Waals surface area contributed by atoms with Crippen LogP contribution in [0.4, 0.5) is 0 Å². The van der Waals surface area contributed by atoms with Crippen LogP contribution in [0.3, 0.4) is 0 Å². The Bertz CT molecular complexity index is 1340. The molecule has 4 nitrogen and oxygen atoms in total. The van der Waals surface area contributed by atoms with Crippen molar-refractivity contribution in [2.24, 2.45) is 5.10 Å². The van der Waals surface area contributed by atoms with Gasteiger partial charge >= 0.3 is 0 Å². The maximum absolute atomic E-state index is 13.2. The van der Waals surface area contributed by atoms with Crippen LogP contribution in [0.25, 0.3) is 21.5 Å². The number of halogens is 1. The molecule has 0 heterocycles. The average Bonchev–Trinajstić information content (AvgIpc) is 3.00. The second kappa shape index (κ2) is 6.29. The largest absolute Gasteiger partial charge is 0.287 e. The number of hydrogen-bond donors (Lipinski definition) is 1. The molecule has 0 radical (unpaired) electrons. The van der Waals surface area contributed by atoms with Gasteiger partial charge in [-0.05, 0) is 40.4 Å². The van der Waals surface area contributed by atoms with Gasteiger partial charge in [0.05, 0.1) is 0 Å². The van der Waals surface area contributed by atoms with Crippen LogP contribution < -0.4 is 5.43 Å². The Balaban J connectivity index is 1.62. The molecule has 0 aliphatic heterocycles. The van der Waals surface area contributed by atoms with Gasteiger partial charge in [0.15, 0.2) is 0 Å². The van der Waals surface area contributed by atoms with Crippen LogP contribution in [-0.2, 0) is 0 Å². The van der Waals surface area contributed by atoms with Crippen molar-refractivity contribution >= 4 is 50.5 Å². The van der Waals surface area contributed by atoms with Crippen molar-refractivity contribution in [2.75, 3.05) is 0 Å². The fourth-order valence-corrected chi connectivity index (χ4v) is 3.90. The van der Waals surface area contributed by atoms with Crippen LogP contribution in [-0.4, -0.2) is 17.4 Å². The third-order valence-corrected chi connectivity index (χ3v) is 5.18. The van der Waals surface area contributed by atoms with Crippen LogP contribution in [0.5, 0.6) is 0 Å². The molecule has 1 aliphatic carbocycles. The lowest BCUT2D eigenvalue weighted by atomic mass is 9.98. The molecule has 1 aliphatic rings. The van der Waals surface area contributed by atoms with Gasteiger partial charge in [0, 0.05) is 27.1 Å². The zero-order chi connectivity index (χ0) is 19.3. The van der Waals surface area contributed by atoms with E-state index in [0.717, 1.165) is 27.1 Å². The van der Waals surface area contributed by atoms with E-state index in [1.807, 2.05) is 42.5 Å². The second-order valence-corrected chi connectivity index (χ2v) is 7.05. The number of amides is 1. The van der Waals surface area contributed by atoms with E-state index in [9.17, 15) is 9.59 Å². The number of hydrogen-bond acceptors (Lipinski definition) is 3. The molecule has 5 heteroatoms. The van der Waals surface area contributed by atoms with Gasteiger partial charge in [-0.3, -0.25) is 9.59 Å². The number of carbonyl (C=O) groups excluding carboxylic acids is 2. The van der Waals surface area contributed by atoms with E-state index < -0.39 is 5.91 Å². The summed E-state index contributed by atoms with van der Waals surface area (Å²) in [6.45, 7) is 0. The van der Waals surface area contributed by atoms with Crippen LogP contribution in [0, 0.1) is 0 Å². The molecule has 0 saturated carbocycles. The van der Waals surface area contributed by atoms with Gasteiger partial charge in [0.2, 0.25) is 5.78 Å². The number of hydrazone groups is 1. The van der Waals surface area contributed by atoms with E-state index in [-0.39, 0.29) is 11.5 Å². The van der Waals surface area contributed by atoms with Gasteiger partial charge in [-0.2, -0.15) is 5.10 Å². The van der Waals surface area contributed by atoms with Gasteiger partial charge in [0.1, 0.15) is 5.71 Å². The lowest BCUT2D eigenvalue weighted by Gasteiger charge is -2.05. The molecule has 0 bridgehead atoms. The van der Waals surface area contributed by atoms with Gasteiger partial charge in [0.25, 0.3) is 5.91 Å². The first-order chi connectivity index (χ1) is 13.6. The number of nitrogens with one attached hydrogen (secondary N) is 1. The molecule has 4 aromatic rings. The number of carbonyl (C=O) groups is 2. The topological polar surface area (TPSA) is 58.5 Å². The summed E-state index contributed by atoms with van der Waals surface area (Å²) in [5.74, 6) is -0.606. The molecule has 1 amide bonds. The highest BCUT2D eigenvalue weighted by molar-refractivity contribution is 6.61. The van der Waals surface area contributed by atoms with E-state index >= 15 is 0 Å². The molecular formula is C23H13ClN2O2. The van der Waals surface area contributed by atoms with Crippen molar-refractivity contribution in [2.45, 2.75) is 0 Å². The van der Waals surface area contributed by atoms with Crippen molar-refractivity contribution in [1.82, 2.24) is 5.43 Å². The van der Waals surface area contributed by atoms with Crippen molar-refractivity contribution in [3.05, 3.63) is 94.5 Å². The smallest absolute Gasteiger partial charge is 0.271 e. The normalized spacial score (nSPS) is 14.2. The van der Waals surface area contributed by atoms with E-state index in [0.29, 0.717) is 16.1 Å². The minimum absolute atomic E-state index is 0.186. The summed E-state index contributed by atoms with van der Waals surface area (Å²) in [5, 5.41) is 8.38. The molecule has 0 saturated heterocycles. The summed E-state index contributed by atoms with van der Waals surface area (Å²) in [6.07, 6.45) is 0. The minimum atomic E-state index is -0.421. The summed E-state index contributed by atoms with van der Waals surface area (Å²) in [4.78, 5) is 25.6. The van der Waals surface area contributed by atoms with Gasteiger partial charge < -0.3 is 0 Å².